The Hall–Kier alpha value is -1.39. The molecule has 2 atom stereocenters. The van der Waals surface area contributed by atoms with Gasteiger partial charge in [-0.25, -0.2) is 0 Å². The minimum atomic E-state index is -0.291. The highest BCUT2D eigenvalue weighted by molar-refractivity contribution is 6.30. The molecule has 21 heavy (non-hydrogen) atoms. The van der Waals surface area contributed by atoms with Gasteiger partial charge in [0.1, 0.15) is 0 Å². The summed E-state index contributed by atoms with van der Waals surface area (Å²) >= 11 is 5.95. The van der Waals surface area contributed by atoms with E-state index in [1.54, 1.807) is 12.1 Å². The van der Waals surface area contributed by atoms with Gasteiger partial charge in [0.15, 0.2) is 0 Å². The molecular weight excluding hydrogens is 288 g/mol. The van der Waals surface area contributed by atoms with Crippen LogP contribution in [0.4, 0.5) is 0 Å². The van der Waals surface area contributed by atoms with E-state index in [1.165, 1.54) is 0 Å². The molecule has 0 radical (unpaired) electrons. The van der Waals surface area contributed by atoms with Crippen LogP contribution in [-0.4, -0.2) is 36.9 Å². The molecule has 112 valence electrons. The fraction of sp³-hybridized carbons (Fsp3) is 0.500. The number of hydrogen-bond acceptors (Lipinski definition) is 3. The first-order chi connectivity index (χ1) is 10.00. The largest absolute Gasteiger partial charge is 0.306 e. The van der Waals surface area contributed by atoms with Crippen molar-refractivity contribution >= 4 is 23.4 Å². The topological polar surface area (TPSA) is 49.4 Å². The van der Waals surface area contributed by atoms with Gasteiger partial charge in [-0.2, -0.15) is 0 Å². The molecule has 2 aliphatic heterocycles. The van der Waals surface area contributed by atoms with E-state index in [1.807, 2.05) is 12.1 Å². The summed E-state index contributed by atoms with van der Waals surface area (Å²) in [4.78, 5) is 26.6. The van der Waals surface area contributed by atoms with Gasteiger partial charge in [0.05, 0.1) is 5.92 Å². The van der Waals surface area contributed by atoms with Crippen LogP contribution >= 0.6 is 11.6 Å². The van der Waals surface area contributed by atoms with Crippen molar-refractivity contribution in [2.24, 2.45) is 5.41 Å². The van der Waals surface area contributed by atoms with Crippen LogP contribution in [0.1, 0.15) is 30.7 Å². The number of hydrogen-bond donors (Lipinski definition) is 1. The third kappa shape index (κ3) is 2.70. The zero-order valence-electron chi connectivity index (χ0n) is 12.1. The predicted octanol–water partition coefficient (Wildman–Crippen LogP) is 2.18. The van der Waals surface area contributed by atoms with Crippen LogP contribution in [-0.2, 0) is 9.59 Å². The van der Waals surface area contributed by atoms with Gasteiger partial charge in [0.25, 0.3) is 0 Å². The van der Waals surface area contributed by atoms with E-state index in [-0.39, 0.29) is 23.1 Å². The van der Waals surface area contributed by atoms with Gasteiger partial charge in [-0.1, -0.05) is 23.7 Å². The number of halogens is 1. The number of carbonyl (C=O) groups is 2. The second kappa shape index (κ2) is 5.43. The van der Waals surface area contributed by atoms with Gasteiger partial charge >= 0.3 is 0 Å². The van der Waals surface area contributed by atoms with Crippen molar-refractivity contribution in [2.75, 3.05) is 20.1 Å². The summed E-state index contributed by atoms with van der Waals surface area (Å²) < 4.78 is 0. The van der Waals surface area contributed by atoms with E-state index < -0.39 is 0 Å². The van der Waals surface area contributed by atoms with Crippen LogP contribution in [0.5, 0.6) is 0 Å². The Bertz CT molecular complexity index is 572. The first-order valence-electron chi connectivity index (χ1n) is 7.28. The lowest BCUT2D eigenvalue weighted by Crippen LogP contribution is -2.56. The highest BCUT2D eigenvalue weighted by Gasteiger charge is 2.50. The third-order valence-electron chi connectivity index (χ3n) is 4.65. The number of rotatable bonds is 1. The highest BCUT2D eigenvalue weighted by Crippen LogP contribution is 2.47. The lowest BCUT2D eigenvalue weighted by molar-refractivity contribution is -0.142. The molecule has 4 nitrogen and oxygen atoms in total. The van der Waals surface area contributed by atoms with Crippen LogP contribution in [0, 0.1) is 5.41 Å². The van der Waals surface area contributed by atoms with E-state index in [9.17, 15) is 9.59 Å². The Labute approximate surface area is 129 Å². The molecule has 1 spiro atoms. The van der Waals surface area contributed by atoms with Crippen molar-refractivity contribution in [1.82, 2.24) is 10.2 Å². The van der Waals surface area contributed by atoms with E-state index >= 15 is 0 Å². The smallest absolute Gasteiger partial charge is 0.234 e. The molecule has 0 aliphatic carbocycles. The van der Waals surface area contributed by atoms with Crippen molar-refractivity contribution in [3.05, 3.63) is 34.9 Å². The zero-order valence-corrected chi connectivity index (χ0v) is 12.8. The van der Waals surface area contributed by atoms with Gasteiger partial charge in [-0.3, -0.25) is 14.9 Å². The molecular formula is C16H19ClN2O2. The molecule has 2 fully saturated rings. The lowest BCUT2D eigenvalue weighted by atomic mass is 9.63. The maximum Gasteiger partial charge on any atom is 0.234 e. The van der Waals surface area contributed by atoms with Crippen LogP contribution in [0.15, 0.2) is 24.3 Å². The van der Waals surface area contributed by atoms with E-state index in [0.717, 1.165) is 31.5 Å². The molecule has 5 heteroatoms. The third-order valence-corrected chi connectivity index (χ3v) is 4.90. The molecule has 2 saturated heterocycles. The SMILES string of the molecule is CN1CCCC2(CC(=O)NC(=O)C2c2ccc(Cl)cc2)C1. The second-order valence-electron chi connectivity index (χ2n) is 6.28. The fourth-order valence-corrected chi connectivity index (χ4v) is 4.02. The molecule has 0 aromatic heterocycles. The monoisotopic (exact) mass is 306 g/mol. The Morgan fingerprint density at radius 2 is 2.00 bits per heavy atom. The second-order valence-corrected chi connectivity index (χ2v) is 6.71. The summed E-state index contributed by atoms with van der Waals surface area (Å²) in [6, 6.07) is 7.42. The van der Waals surface area contributed by atoms with Crippen molar-refractivity contribution < 1.29 is 9.59 Å². The number of benzene rings is 1. The van der Waals surface area contributed by atoms with E-state index in [4.69, 9.17) is 11.6 Å². The highest BCUT2D eigenvalue weighted by atomic mass is 35.5. The Balaban J connectivity index is 2.02. The van der Waals surface area contributed by atoms with Gasteiger partial charge in [-0.15, -0.1) is 0 Å². The standard InChI is InChI=1S/C16H19ClN2O2/c1-19-8-2-7-16(10-19)9-13(20)18-15(21)14(16)11-3-5-12(17)6-4-11/h3-6,14H,2,7-10H2,1H3,(H,18,20,21). The van der Waals surface area contributed by atoms with Gasteiger partial charge in [0, 0.05) is 23.4 Å². The van der Waals surface area contributed by atoms with Crippen molar-refractivity contribution in [2.45, 2.75) is 25.2 Å². The first kappa shape index (κ1) is 14.5. The molecule has 1 aromatic rings. The summed E-state index contributed by atoms with van der Waals surface area (Å²) in [6.45, 7) is 1.80. The van der Waals surface area contributed by atoms with E-state index in [2.05, 4.69) is 17.3 Å². The van der Waals surface area contributed by atoms with Gasteiger partial charge in [0.2, 0.25) is 11.8 Å². The fourth-order valence-electron chi connectivity index (χ4n) is 3.89. The van der Waals surface area contributed by atoms with Gasteiger partial charge in [-0.05, 0) is 44.1 Å². The Kier molecular flexibility index (Phi) is 3.76. The number of likely N-dealkylation sites (tertiary alicyclic amines) is 1. The molecule has 1 N–H and O–H groups in total. The van der Waals surface area contributed by atoms with Crippen molar-refractivity contribution in [3.8, 4) is 0 Å². The summed E-state index contributed by atoms with van der Waals surface area (Å²) in [6.07, 6.45) is 2.33. The Morgan fingerprint density at radius 1 is 1.29 bits per heavy atom. The summed E-state index contributed by atoms with van der Waals surface area (Å²) in [5.74, 6) is -0.611. The average Bonchev–Trinajstić information content (AvgIpc) is 2.39. The number of imide groups is 1. The molecule has 2 aliphatic rings. The summed E-state index contributed by atoms with van der Waals surface area (Å²) in [7, 11) is 2.05. The number of carbonyl (C=O) groups excluding carboxylic acids is 2. The minimum absolute atomic E-state index is 0.152. The number of amides is 2. The molecule has 2 unspecified atom stereocenters. The molecule has 2 heterocycles. The average molecular weight is 307 g/mol. The summed E-state index contributed by atoms with van der Waals surface area (Å²) in [5.41, 5.74) is 0.653. The number of nitrogens with one attached hydrogen (secondary N) is 1. The normalized spacial score (nSPS) is 30.5. The van der Waals surface area contributed by atoms with Crippen molar-refractivity contribution in [1.29, 1.82) is 0 Å². The molecule has 1 aromatic carbocycles. The van der Waals surface area contributed by atoms with Crippen LogP contribution in [0.25, 0.3) is 0 Å². The first-order valence-corrected chi connectivity index (χ1v) is 7.66. The molecule has 0 bridgehead atoms. The quantitative estimate of drug-likeness (QED) is 0.809. The van der Waals surface area contributed by atoms with Gasteiger partial charge < -0.3 is 4.90 Å². The maximum absolute atomic E-state index is 12.5. The maximum atomic E-state index is 12.5. The number of piperidine rings is 2. The number of nitrogens with zero attached hydrogens (tertiary/aromatic N) is 1. The molecule has 0 saturated carbocycles. The van der Waals surface area contributed by atoms with Crippen LogP contribution in [0.3, 0.4) is 0 Å². The summed E-state index contributed by atoms with van der Waals surface area (Å²) in [5, 5.41) is 3.15. The van der Waals surface area contributed by atoms with Crippen LogP contribution in [0.2, 0.25) is 5.02 Å². The van der Waals surface area contributed by atoms with Crippen LogP contribution < -0.4 is 5.32 Å². The Morgan fingerprint density at radius 3 is 2.67 bits per heavy atom. The molecule has 2 amide bonds. The molecule has 3 rings (SSSR count). The van der Waals surface area contributed by atoms with Crippen molar-refractivity contribution in [3.63, 3.8) is 0 Å². The predicted molar refractivity (Wildman–Crippen MR) is 81.1 cm³/mol. The lowest BCUT2D eigenvalue weighted by Gasteiger charge is -2.48. The van der Waals surface area contributed by atoms with E-state index in [0.29, 0.717) is 11.4 Å². The minimum Gasteiger partial charge on any atom is -0.306 e. The zero-order chi connectivity index (χ0) is 15.0.